The monoisotopic (exact) mass is 453 g/mol. The van der Waals surface area contributed by atoms with E-state index < -0.39 is 5.97 Å². The molecule has 3 aromatic carbocycles. The molecule has 8 nitrogen and oxygen atoms in total. The van der Waals surface area contributed by atoms with E-state index in [2.05, 4.69) is 20.7 Å². The molecule has 2 heterocycles. The van der Waals surface area contributed by atoms with Crippen LogP contribution in [0.3, 0.4) is 0 Å². The number of rotatable bonds is 6. The summed E-state index contributed by atoms with van der Waals surface area (Å²) in [6, 6.07) is 20.4. The smallest absolute Gasteiger partial charge is 0.337 e. The molecule has 0 saturated carbocycles. The Hall–Kier alpha value is -4.30. The van der Waals surface area contributed by atoms with E-state index in [4.69, 9.17) is 0 Å². The highest BCUT2D eigenvalue weighted by Crippen LogP contribution is 2.26. The second-order valence-corrected chi connectivity index (χ2v) is 8.15. The van der Waals surface area contributed by atoms with Crippen LogP contribution in [0.1, 0.15) is 33.6 Å². The van der Waals surface area contributed by atoms with Gasteiger partial charge in [-0.15, -0.1) is 0 Å². The zero-order chi connectivity index (χ0) is 23.5. The van der Waals surface area contributed by atoms with Crippen LogP contribution in [0.15, 0.2) is 72.9 Å². The first-order valence-electron chi connectivity index (χ1n) is 11.1. The lowest BCUT2D eigenvalue weighted by Gasteiger charge is -2.17. The van der Waals surface area contributed by atoms with Crippen molar-refractivity contribution < 1.29 is 14.7 Å². The van der Waals surface area contributed by atoms with Crippen molar-refractivity contribution in [1.29, 1.82) is 0 Å². The van der Waals surface area contributed by atoms with Gasteiger partial charge in [0.05, 0.1) is 16.9 Å². The number of anilines is 2. The summed E-state index contributed by atoms with van der Waals surface area (Å²) in [7, 11) is 0. The highest BCUT2D eigenvalue weighted by molar-refractivity contribution is 6.00. The summed E-state index contributed by atoms with van der Waals surface area (Å²) in [5, 5.41) is 16.7. The van der Waals surface area contributed by atoms with Gasteiger partial charge in [-0.05, 0) is 53.9 Å². The summed E-state index contributed by atoms with van der Waals surface area (Å²) in [4.78, 5) is 33.3. The van der Waals surface area contributed by atoms with E-state index in [0.717, 1.165) is 42.3 Å². The molecule has 0 atom stereocenters. The molecule has 1 aliphatic rings. The first-order chi connectivity index (χ1) is 16.6. The minimum Gasteiger partial charge on any atom is -0.478 e. The Balaban J connectivity index is 1.43. The van der Waals surface area contributed by atoms with Crippen molar-refractivity contribution in [2.24, 2.45) is 0 Å². The van der Waals surface area contributed by atoms with Crippen LogP contribution in [0, 0.1) is 0 Å². The molecule has 3 N–H and O–H groups in total. The fourth-order valence-corrected chi connectivity index (χ4v) is 4.06. The Kier molecular flexibility index (Phi) is 5.88. The summed E-state index contributed by atoms with van der Waals surface area (Å²) in [5.74, 6) is -1.15. The van der Waals surface area contributed by atoms with Crippen LogP contribution in [-0.4, -0.2) is 45.0 Å². The van der Waals surface area contributed by atoms with Crippen LogP contribution in [0.25, 0.3) is 22.0 Å². The maximum atomic E-state index is 12.7. The molecular formula is C26H23N5O3. The number of carboxylic acid groups (broad SMARTS) is 1. The van der Waals surface area contributed by atoms with Crippen molar-refractivity contribution in [1.82, 2.24) is 20.4 Å². The molecule has 0 bridgehead atoms. The summed E-state index contributed by atoms with van der Waals surface area (Å²) in [6.07, 6.45) is 3.69. The summed E-state index contributed by atoms with van der Waals surface area (Å²) in [5.41, 5.74) is 5.11. The van der Waals surface area contributed by atoms with Crippen LogP contribution < -0.4 is 10.7 Å². The summed E-state index contributed by atoms with van der Waals surface area (Å²) >= 11 is 0. The van der Waals surface area contributed by atoms with Crippen molar-refractivity contribution in [3.05, 3.63) is 84.1 Å². The predicted molar refractivity (Wildman–Crippen MR) is 130 cm³/mol. The lowest BCUT2D eigenvalue weighted by atomic mass is 10.1. The Morgan fingerprint density at radius 1 is 0.912 bits per heavy atom. The molecule has 0 aliphatic carbocycles. The molecule has 1 aromatic heterocycles. The zero-order valence-corrected chi connectivity index (χ0v) is 18.4. The number of amides is 1. The number of aromatic nitrogens is 2. The number of hydrogen-bond acceptors (Lipinski definition) is 6. The average molecular weight is 454 g/mol. The maximum absolute atomic E-state index is 12.7. The summed E-state index contributed by atoms with van der Waals surface area (Å²) < 4.78 is 0. The third-order valence-corrected chi connectivity index (χ3v) is 5.83. The second-order valence-electron chi connectivity index (χ2n) is 8.15. The second kappa shape index (κ2) is 9.29. The Labute approximate surface area is 196 Å². The van der Waals surface area contributed by atoms with Gasteiger partial charge in [0.2, 0.25) is 5.95 Å². The van der Waals surface area contributed by atoms with Gasteiger partial charge in [-0.3, -0.25) is 10.2 Å². The molecule has 170 valence electrons. The molecule has 5 rings (SSSR count). The van der Waals surface area contributed by atoms with Gasteiger partial charge in [0, 0.05) is 30.4 Å². The number of nitrogens with zero attached hydrogens (tertiary/aromatic N) is 3. The van der Waals surface area contributed by atoms with Gasteiger partial charge in [-0.25, -0.2) is 19.8 Å². The number of carbonyl (C=O) groups is 2. The lowest BCUT2D eigenvalue weighted by Crippen LogP contribution is -2.40. The van der Waals surface area contributed by atoms with Gasteiger partial charge in [0.25, 0.3) is 5.91 Å². The number of hydrogen-bond donors (Lipinski definition) is 3. The molecule has 0 unspecified atom stereocenters. The lowest BCUT2D eigenvalue weighted by molar-refractivity contribution is 0.0696. The van der Waals surface area contributed by atoms with Crippen LogP contribution in [0.4, 0.5) is 11.6 Å². The third-order valence-electron chi connectivity index (χ3n) is 5.83. The van der Waals surface area contributed by atoms with E-state index in [1.807, 2.05) is 47.5 Å². The largest absolute Gasteiger partial charge is 0.478 e. The van der Waals surface area contributed by atoms with E-state index in [-0.39, 0.29) is 23.1 Å². The first kappa shape index (κ1) is 21.5. The number of carbonyl (C=O) groups excluding carboxylic acids is 1. The van der Waals surface area contributed by atoms with Gasteiger partial charge in [0.1, 0.15) is 0 Å². The minimum atomic E-state index is -1.11. The molecule has 0 radical (unpaired) electrons. The molecule has 34 heavy (non-hydrogen) atoms. The van der Waals surface area contributed by atoms with E-state index in [1.165, 1.54) is 18.2 Å². The van der Waals surface area contributed by atoms with Crippen molar-refractivity contribution in [2.75, 3.05) is 18.4 Å². The molecule has 1 aliphatic heterocycles. The van der Waals surface area contributed by atoms with Gasteiger partial charge in [-0.1, -0.05) is 36.4 Å². The fraction of sp³-hybridized carbons (Fsp3) is 0.154. The zero-order valence-electron chi connectivity index (χ0n) is 18.4. The number of benzene rings is 3. The van der Waals surface area contributed by atoms with Crippen molar-refractivity contribution in [2.45, 2.75) is 12.8 Å². The molecule has 0 spiro atoms. The normalized spacial score (nSPS) is 13.6. The van der Waals surface area contributed by atoms with Gasteiger partial charge in [0.15, 0.2) is 0 Å². The first-order valence-corrected chi connectivity index (χ1v) is 11.1. The highest BCUT2D eigenvalue weighted by Gasteiger charge is 2.18. The molecular weight excluding hydrogens is 430 g/mol. The van der Waals surface area contributed by atoms with E-state index in [9.17, 15) is 14.7 Å². The molecule has 4 aromatic rings. The van der Waals surface area contributed by atoms with Crippen LogP contribution in [-0.2, 0) is 0 Å². The van der Waals surface area contributed by atoms with Crippen molar-refractivity contribution >= 4 is 34.3 Å². The quantitative estimate of drug-likeness (QED) is 0.395. The minimum absolute atomic E-state index is 0.0254. The Bertz CT molecular complexity index is 1380. The van der Waals surface area contributed by atoms with Gasteiger partial charge < -0.3 is 10.4 Å². The summed E-state index contributed by atoms with van der Waals surface area (Å²) in [6.45, 7) is 1.61. The van der Waals surface area contributed by atoms with Crippen LogP contribution >= 0.6 is 0 Å². The number of fused-ring (bicyclic) bond motifs is 1. The molecule has 1 fully saturated rings. The van der Waals surface area contributed by atoms with Gasteiger partial charge >= 0.3 is 5.97 Å². The van der Waals surface area contributed by atoms with Gasteiger partial charge in [-0.2, -0.15) is 0 Å². The van der Waals surface area contributed by atoms with E-state index >= 15 is 0 Å². The standard InChI is InChI=1S/C26H23N5O3/c32-24(30-31-13-3-4-14-31)20-9-10-21(25(33)34)23(16-20)29-26-27-12-11-22(28-26)19-8-7-17-5-1-2-6-18(17)15-19/h1-2,5-12,15-16H,3-4,13-14H2,(H,30,32)(H,33,34)(H,27,28,29). The number of carboxylic acids is 1. The van der Waals surface area contributed by atoms with Crippen LogP contribution in [0.2, 0.25) is 0 Å². The Morgan fingerprint density at radius 3 is 2.50 bits per heavy atom. The molecule has 1 amide bonds. The number of hydrazine groups is 1. The highest BCUT2D eigenvalue weighted by atomic mass is 16.4. The third kappa shape index (κ3) is 4.57. The fourth-order valence-electron chi connectivity index (χ4n) is 4.06. The topological polar surface area (TPSA) is 107 Å². The molecule has 1 saturated heterocycles. The van der Waals surface area contributed by atoms with E-state index in [1.54, 1.807) is 12.3 Å². The van der Waals surface area contributed by atoms with Crippen LogP contribution in [0.5, 0.6) is 0 Å². The van der Waals surface area contributed by atoms with Crippen molar-refractivity contribution in [3.8, 4) is 11.3 Å². The number of aromatic carboxylic acids is 1. The predicted octanol–water partition coefficient (Wildman–Crippen LogP) is 4.48. The SMILES string of the molecule is O=C(NN1CCCC1)c1ccc(C(=O)O)c(Nc2nccc(-c3ccc4ccccc4c3)n2)c1. The Morgan fingerprint density at radius 2 is 1.71 bits per heavy atom. The molecule has 8 heteroatoms. The maximum Gasteiger partial charge on any atom is 0.337 e. The average Bonchev–Trinajstić information content (AvgIpc) is 3.37. The number of nitrogens with one attached hydrogen (secondary N) is 2. The van der Waals surface area contributed by atoms with E-state index in [0.29, 0.717) is 11.3 Å². The van der Waals surface area contributed by atoms with Crippen molar-refractivity contribution in [3.63, 3.8) is 0 Å².